The fraction of sp³-hybridized carbons (Fsp3) is 0.650. The number of amides is 1. The maximum Gasteiger partial charge on any atom is 0.224 e. The molecular weight excluding hydrogens is 298 g/mol. The molecule has 4 heteroatoms. The number of nitrogens with one attached hydrogen (secondary N) is 1. The fourth-order valence-electron chi connectivity index (χ4n) is 4.17. The van der Waals surface area contributed by atoms with Crippen molar-refractivity contribution >= 4 is 17.3 Å². The van der Waals surface area contributed by atoms with E-state index in [0.717, 1.165) is 24.8 Å². The Morgan fingerprint density at radius 2 is 1.62 bits per heavy atom. The van der Waals surface area contributed by atoms with Crippen LogP contribution in [0.5, 0.6) is 0 Å². The molecule has 0 atom stereocenters. The van der Waals surface area contributed by atoms with Gasteiger partial charge in [0.05, 0.1) is 0 Å². The van der Waals surface area contributed by atoms with Crippen LogP contribution >= 0.6 is 0 Å². The molecule has 3 fully saturated rings. The van der Waals surface area contributed by atoms with Crippen molar-refractivity contribution in [2.24, 2.45) is 5.92 Å². The van der Waals surface area contributed by atoms with Gasteiger partial charge in [0.25, 0.3) is 0 Å². The van der Waals surface area contributed by atoms with Crippen LogP contribution in [-0.4, -0.2) is 43.0 Å². The quantitative estimate of drug-likeness (QED) is 0.899. The number of nitrogens with zero attached hydrogens (tertiary/aromatic N) is 2. The molecule has 0 unspecified atom stereocenters. The van der Waals surface area contributed by atoms with E-state index in [1.807, 2.05) is 12.1 Å². The summed E-state index contributed by atoms with van der Waals surface area (Å²) in [7, 11) is 0. The van der Waals surface area contributed by atoms with Crippen molar-refractivity contribution in [1.29, 1.82) is 0 Å². The van der Waals surface area contributed by atoms with Crippen molar-refractivity contribution in [2.75, 3.05) is 36.4 Å². The molecule has 24 heavy (non-hydrogen) atoms. The highest BCUT2D eigenvalue weighted by molar-refractivity contribution is 5.91. The van der Waals surface area contributed by atoms with E-state index >= 15 is 0 Å². The normalized spacial score (nSPS) is 22.8. The average molecular weight is 327 g/mol. The molecule has 1 amide bonds. The molecule has 2 heterocycles. The number of piperidine rings is 1. The summed E-state index contributed by atoms with van der Waals surface area (Å²) < 4.78 is 0. The molecule has 3 aliphatic rings. The van der Waals surface area contributed by atoms with Gasteiger partial charge in [-0.3, -0.25) is 4.79 Å². The minimum Gasteiger partial charge on any atom is -0.372 e. The summed E-state index contributed by atoms with van der Waals surface area (Å²) in [5.41, 5.74) is 2.20. The number of rotatable bonds is 5. The number of carbonyl (C=O) groups is 1. The molecule has 1 N–H and O–H groups in total. The largest absolute Gasteiger partial charge is 0.372 e. The number of hydrogen-bond donors (Lipinski definition) is 1. The van der Waals surface area contributed by atoms with Crippen LogP contribution in [0.15, 0.2) is 24.3 Å². The molecule has 4 nitrogen and oxygen atoms in total. The lowest BCUT2D eigenvalue weighted by Crippen LogP contribution is -2.36. The second kappa shape index (κ2) is 7.14. The minimum atomic E-state index is 0.175. The van der Waals surface area contributed by atoms with Crippen LogP contribution in [0.2, 0.25) is 0 Å². The van der Waals surface area contributed by atoms with Gasteiger partial charge in [0, 0.05) is 36.9 Å². The molecule has 0 radical (unpaired) electrons. The smallest absolute Gasteiger partial charge is 0.224 e. The lowest BCUT2D eigenvalue weighted by Gasteiger charge is -2.31. The zero-order valence-corrected chi connectivity index (χ0v) is 14.5. The summed E-state index contributed by atoms with van der Waals surface area (Å²) in [6, 6.07) is 9.22. The molecule has 2 aliphatic heterocycles. The SMILES string of the molecule is O=C(CC1CCN(C2CC2)CC1)Nc1ccc(N2CCCC2)cc1. The first-order valence-electron chi connectivity index (χ1n) is 9.67. The fourth-order valence-corrected chi connectivity index (χ4v) is 4.17. The Labute approximate surface area is 145 Å². The van der Waals surface area contributed by atoms with Gasteiger partial charge in [0.1, 0.15) is 0 Å². The number of anilines is 2. The second-order valence-electron chi connectivity index (χ2n) is 7.70. The zero-order valence-electron chi connectivity index (χ0n) is 14.5. The van der Waals surface area contributed by atoms with Gasteiger partial charge in [0.2, 0.25) is 5.91 Å². The first-order valence-corrected chi connectivity index (χ1v) is 9.67. The third-order valence-electron chi connectivity index (χ3n) is 5.81. The number of benzene rings is 1. The first-order chi connectivity index (χ1) is 11.8. The van der Waals surface area contributed by atoms with E-state index in [2.05, 4.69) is 27.2 Å². The van der Waals surface area contributed by atoms with E-state index < -0.39 is 0 Å². The summed E-state index contributed by atoms with van der Waals surface area (Å²) in [6.07, 6.45) is 8.38. The van der Waals surface area contributed by atoms with Crippen LogP contribution < -0.4 is 10.2 Å². The predicted molar refractivity (Wildman–Crippen MR) is 98.5 cm³/mol. The van der Waals surface area contributed by atoms with Gasteiger partial charge in [-0.1, -0.05) is 0 Å². The Kier molecular flexibility index (Phi) is 4.74. The number of likely N-dealkylation sites (tertiary alicyclic amines) is 1. The second-order valence-corrected chi connectivity index (χ2v) is 7.70. The number of hydrogen-bond acceptors (Lipinski definition) is 3. The minimum absolute atomic E-state index is 0.175. The van der Waals surface area contributed by atoms with Crippen LogP contribution in [0, 0.1) is 5.92 Å². The van der Waals surface area contributed by atoms with E-state index in [9.17, 15) is 4.79 Å². The Morgan fingerprint density at radius 1 is 0.958 bits per heavy atom. The predicted octanol–water partition coefficient (Wildman–Crippen LogP) is 3.49. The van der Waals surface area contributed by atoms with Crippen LogP contribution in [-0.2, 0) is 4.79 Å². The summed E-state index contributed by atoms with van der Waals surface area (Å²) in [4.78, 5) is 17.3. The molecule has 1 aromatic rings. The maximum absolute atomic E-state index is 12.3. The summed E-state index contributed by atoms with van der Waals surface area (Å²) in [5, 5.41) is 3.08. The van der Waals surface area contributed by atoms with E-state index in [4.69, 9.17) is 0 Å². The van der Waals surface area contributed by atoms with Gasteiger partial charge in [0.15, 0.2) is 0 Å². The Morgan fingerprint density at radius 3 is 2.25 bits per heavy atom. The highest BCUT2D eigenvalue weighted by Crippen LogP contribution is 2.31. The van der Waals surface area contributed by atoms with Crippen molar-refractivity contribution in [2.45, 2.75) is 51.0 Å². The van der Waals surface area contributed by atoms with Crippen LogP contribution in [0.3, 0.4) is 0 Å². The molecule has 130 valence electrons. The van der Waals surface area contributed by atoms with E-state index in [1.165, 1.54) is 57.3 Å². The average Bonchev–Trinajstić information content (AvgIpc) is 3.30. The summed E-state index contributed by atoms with van der Waals surface area (Å²) >= 11 is 0. The topological polar surface area (TPSA) is 35.6 Å². The summed E-state index contributed by atoms with van der Waals surface area (Å²) in [6.45, 7) is 4.69. The standard InChI is InChI=1S/C20H29N3O/c24-20(15-16-9-13-23(14-10-16)19-7-8-19)21-17-3-5-18(6-4-17)22-11-1-2-12-22/h3-6,16,19H,1-2,7-15H2,(H,21,24). The lowest BCUT2D eigenvalue weighted by atomic mass is 9.93. The van der Waals surface area contributed by atoms with Gasteiger partial charge in [-0.25, -0.2) is 0 Å². The molecule has 1 aliphatic carbocycles. The Balaban J connectivity index is 1.23. The van der Waals surface area contributed by atoms with Gasteiger partial charge in [-0.05, 0) is 81.8 Å². The third-order valence-corrected chi connectivity index (χ3v) is 5.81. The molecule has 1 saturated carbocycles. The van der Waals surface area contributed by atoms with Gasteiger partial charge in [-0.2, -0.15) is 0 Å². The molecule has 2 saturated heterocycles. The Bertz CT molecular complexity index is 553. The monoisotopic (exact) mass is 327 g/mol. The Hall–Kier alpha value is -1.55. The lowest BCUT2D eigenvalue weighted by molar-refractivity contribution is -0.117. The molecular formula is C20H29N3O. The molecule has 0 bridgehead atoms. The molecule has 1 aromatic carbocycles. The van der Waals surface area contributed by atoms with Crippen molar-refractivity contribution in [3.8, 4) is 0 Å². The number of carbonyl (C=O) groups excluding carboxylic acids is 1. The third kappa shape index (κ3) is 3.92. The van der Waals surface area contributed by atoms with E-state index in [1.54, 1.807) is 0 Å². The van der Waals surface area contributed by atoms with Gasteiger partial charge < -0.3 is 15.1 Å². The van der Waals surface area contributed by atoms with Crippen LogP contribution in [0.1, 0.15) is 44.9 Å². The zero-order chi connectivity index (χ0) is 16.4. The summed E-state index contributed by atoms with van der Waals surface area (Å²) in [5.74, 6) is 0.734. The first kappa shape index (κ1) is 15.9. The van der Waals surface area contributed by atoms with Crippen molar-refractivity contribution < 1.29 is 4.79 Å². The van der Waals surface area contributed by atoms with Crippen molar-refractivity contribution in [3.05, 3.63) is 24.3 Å². The van der Waals surface area contributed by atoms with Crippen LogP contribution in [0.25, 0.3) is 0 Å². The van der Waals surface area contributed by atoms with Crippen LogP contribution in [0.4, 0.5) is 11.4 Å². The highest BCUT2D eigenvalue weighted by atomic mass is 16.1. The van der Waals surface area contributed by atoms with Crippen molar-refractivity contribution in [3.63, 3.8) is 0 Å². The van der Waals surface area contributed by atoms with Gasteiger partial charge in [-0.15, -0.1) is 0 Å². The van der Waals surface area contributed by atoms with Crippen molar-refractivity contribution in [1.82, 2.24) is 4.90 Å². The maximum atomic E-state index is 12.3. The molecule has 0 spiro atoms. The van der Waals surface area contributed by atoms with E-state index in [0.29, 0.717) is 12.3 Å². The molecule has 4 rings (SSSR count). The molecule has 0 aromatic heterocycles. The highest BCUT2D eigenvalue weighted by Gasteiger charge is 2.32. The van der Waals surface area contributed by atoms with Gasteiger partial charge >= 0.3 is 0 Å². The van der Waals surface area contributed by atoms with E-state index in [-0.39, 0.29) is 5.91 Å².